The Hall–Kier alpha value is -7.12. The number of halogens is 2. The molecule has 492 valence electrons. The molecule has 8 saturated heterocycles. The van der Waals surface area contributed by atoms with Gasteiger partial charge in [-0.3, -0.25) is 47.9 Å². The minimum atomic E-state index is -1.13. The first-order valence-corrected chi connectivity index (χ1v) is 33.6. The summed E-state index contributed by atoms with van der Waals surface area (Å²) in [7, 11) is 0. The molecule has 21 heteroatoms. The molecule has 2 aromatic rings. The minimum absolute atomic E-state index is 0. The van der Waals surface area contributed by atoms with Gasteiger partial charge in [-0.05, 0) is 133 Å². The first-order valence-electron chi connectivity index (χ1n) is 32.8. The fraction of sp³-hybridized carbons (Fsp3) is 0.577. The molecule has 12 aliphatic rings. The number of Topliss-reactive ketones (excluding diaryl/α,β-unsaturated/α-hetero) is 1. The van der Waals surface area contributed by atoms with Gasteiger partial charge in [0.05, 0.1) is 30.2 Å². The molecular weight excluding hydrogens is 1210 g/mol. The third-order valence-corrected chi connectivity index (χ3v) is 23.0. The number of rotatable bonds is 10. The summed E-state index contributed by atoms with van der Waals surface area (Å²) in [5.74, 6) is -3.01. The average Bonchev–Trinajstić information content (AvgIpc) is 1.51. The maximum absolute atomic E-state index is 14.5. The molecule has 0 unspecified atom stereocenters. The zero-order valence-electron chi connectivity index (χ0n) is 51.5. The second-order valence-corrected chi connectivity index (χ2v) is 28.2. The number of carbonyl (C=O) groups excluding carboxylic acids is 10. The van der Waals surface area contributed by atoms with Crippen molar-refractivity contribution in [2.24, 2.45) is 29.4 Å². The first-order chi connectivity index (χ1) is 43.2. The van der Waals surface area contributed by atoms with Gasteiger partial charge in [0.1, 0.15) is 41.3 Å². The molecule has 2 aromatic carbocycles. The van der Waals surface area contributed by atoms with Crippen LogP contribution in [0.3, 0.4) is 0 Å². The van der Waals surface area contributed by atoms with Crippen molar-refractivity contribution in [1.82, 2.24) is 39.2 Å². The van der Waals surface area contributed by atoms with Gasteiger partial charge in [-0.25, -0.2) is 0 Å². The highest BCUT2D eigenvalue weighted by molar-refractivity contribution is 6.31. The molecule has 0 bridgehead atoms. The number of nitrogens with zero attached hydrogens (tertiary/aromatic N) is 8. The van der Waals surface area contributed by atoms with E-state index >= 15 is 0 Å². The summed E-state index contributed by atoms with van der Waals surface area (Å²) in [5.41, 5.74) is 5.21. The summed E-state index contributed by atoms with van der Waals surface area (Å²) < 4.78 is 0. The highest BCUT2D eigenvalue weighted by Crippen LogP contribution is 2.46. The van der Waals surface area contributed by atoms with E-state index < -0.39 is 53.2 Å². The van der Waals surface area contributed by atoms with Crippen LogP contribution in [0.1, 0.15) is 137 Å². The predicted molar refractivity (Wildman–Crippen MR) is 348 cm³/mol. The van der Waals surface area contributed by atoms with Crippen molar-refractivity contribution < 1.29 is 47.9 Å². The monoisotopic (exact) mass is 1300 g/mol. The van der Waals surface area contributed by atoms with E-state index in [0.717, 1.165) is 17.5 Å². The number of carbonyl (C=O) groups is 10. The van der Waals surface area contributed by atoms with Crippen molar-refractivity contribution in [2.75, 3.05) is 26.2 Å². The van der Waals surface area contributed by atoms with Crippen molar-refractivity contribution in [3.05, 3.63) is 118 Å². The van der Waals surface area contributed by atoms with Crippen LogP contribution in [0, 0.1) is 23.7 Å². The van der Waals surface area contributed by atoms with Crippen LogP contribution >= 0.6 is 23.2 Å². The minimum Gasteiger partial charge on any atom is -0.368 e. The Balaban J connectivity index is 0.000000184. The standard InChI is InChI=1S/C35H41ClN4O5.C34H40ClN5O5.2CH4/c1-21(20-24-6-3-4-7-27(24)36)31(42)38-18-5-16-35(38)17-14-26-11-13-29(40(26)34(35)45)32(43)37-19-15-23-8-9-25-10-12-28(22(2)41)39(25)33(44)30(23)37;1-20(19-22-5-2-3-6-25(22)35)30(42)38-17-4-15-34(38)16-13-24-10-12-27(40(24)33(34)45)31(43)37-18-14-21-7-8-23-9-11-26(29(36)41)39(23)32(44)28(21)37;;/h3-4,6-9,14,17,21,23,25-26,28-30H,5,10-13,15-16,18-20H2,1-2H3;2-3,5-8,13,16,20-21,23-24,26-28H,4,9-12,14-15,17-19H2,1H3,(H2,36,41);2*1H4/t21-,23-,25-,26-,28-,29-,30-,35+;20-,21-,23-,24-,26-,27-,28-,34+;;/m00../s1. The van der Waals surface area contributed by atoms with E-state index in [9.17, 15) is 47.9 Å². The molecule has 16 atom stereocenters. The Morgan fingerprint density at radius 1 is 0.500 bits per heavy atom. The fourth-order valence-electron chi connectivity index (χ4n) is 17.8. The van der Waals surface area contributed by atoms with Crippen LogP contribution < -0.4 is 5.73 Å². The average molecular weight is 1300 g/mol. The van der Waals surface area contributed by atoms with Crippen LogP contribution in [0.15, 0.2) is 97.1 Å². The van der Waals surface area contributed by atoms with Gasteiger partial charge in [0, 0.05) is 59.9 Å². The zero-order chi connectivity index (χ0) is 63.2. The van der Waals surface area contributed by atoms with Crippen LogP contribution in [0.4, 0.5) is 0 Å². The Labute approximate surface area is 550 Å². The van der Waals surface area contributed by atoms with E-state index in [4.69, 9.17) is 28.9 Å². The molecule has 2 N–H and O–H groups in total. The molecule has 0 saturated carbocycles. The molecule has 2 spiro atoms. The summed E-state index contributed by atoms with van der Waals surface area (Å²) in [6.45, 7) is 7.05. The van der Waals surface area contributed by atoms with Crippen LogP contribution in [0.5, 0.6) is 0 Å². The van der Waals surface area contributed by atoms with E-state index in [1.807, 2.05) is 105 Å². The number of likely N-dealkylation sites (tertiary alicyclic amines) is 4. The van der Waals surface area contributed by atoms with Gasteiger partial charge >= 0.3 is 0 Å². The number of ketones is 1. The van der Waals surface area contributed by atoms with Crippen LogP contribution in [0.25, 0.3) is 0 Å². The number of fused-ring (bicyclic) bond motifs is 6. The van der Waals surface area contributed by atoms with Gasteiger partial charge in [0.2, 0.25) is 41.4 Å². The van der Waals surface area contributed by atoms with E-state index in [0.29, 0.717) is 133 Å². The summed E-state index contributed by atoms with van der Waals surface area (Å²) in [6.07, 6.45) is 25.4. The topological polar surface area (TPSA) is 223 Å². The smallest absolute Gasteiger partial charge is 0.253 e. The molecule has 92 heavy (non-hydrogen) atoms. The van der Waals surface area contributed by atoms with Crippen LogP contribution in [-0.4, -0.2) is 196 Å². The van der Waals surface area contributed by atoms with Crippen molar-refractivity contribution in [1.29, 1.82) is 0 Å². The summed E-state index contributed by atoms with van der Waals surface area (Å²) in [5, 5.41) is 1.23. The largest absolute Gasteiger partial charge is 0.368 e. The van der Waals surface area contributed by atoms with Gasteiger partial charge in [-0.15, -0.1) is 0 Å². The second-order valence-electron chi connectivity index (χ2n) is 27.3. The molecule has 19 nitrogen and oxygen atoms in total. The highest BCUT2D eigenvalue weighted by Gasteiger charge is 2.61. The van der Waals surface area contributed by atoms with Gasteiger partial charge in [-0.1, -0.05) is 137 Å². The molecule has 14 rings (SSSR count). The Kier molecular flexibility index (Phi) is 18.7. The van der Waals surface area contributed by atoms with Gasteiger partial charge in [0.25, 0.3) is 11.8 Å². The molecule has 0 aliphatic carbocycles. The molecule has 12 aliphatic heterocycles. The van der Waals surface area contributed by atoms with Gasteiger partial charge in [-0.2, -0.15) is 0 Å². The maximum Gasteiger partial charge on any atom is 0.253 e. The van der Waals surface area contributed by atoms with Gasteiger partial charge < -0.3 is 44.9 Å². The summed E-state index contributed by atoms with van der Waals surface area (Å²) in [4.78, 5) is 152. The second kappa shape index (κ2) is 26.0. The molecule has 0 aromatic heterocycles. The Bertz CT molecular complexity index is 3240. The Morgan fingerprint density at radius 2 is 0.880 bits per heavy atom. The third kappa shape index (κ3) is 11.0. The number of amides is 9. The van der Waals surface area contributed by atoms with E-state index in [2.05, 4.69) is 6.08 Å². The molecule has 9 amide bonds. The number of benzene rings is 2. The van der Waals surface area contributed by atoms with Crippen LogP contribution in [-0.2, 0) is 60.8 Å². The molecule has 12 heterocycles. The molecular formula is C71H89Cl2N9O10. The Morgan fingerprint density at radius 3 is 1.28 bits per heavy atom. The van der Waals surface area contributed by atoms with Gasteiger partial charge in [0.15, 0.2) is 5.78 Å². The highest BCUT2D eigenvalue weighted by atomic mass is 35.5. The van der Waals surface area contributed by atoms with Crippen molar-refractivity contribution in [3.8, 4) is 0 Å². The summed E-state index contributed by atoms with van der Waals surface area (Å²) in [6, 6.07) is 10.3. The zero-order valence-corrected chi connectivity index (χ0v) is 53.0. The normalized spacial score (nSPS) is 33.5. The molecule has 0 radical (unpaired) electrons. The third-order valence-electron chi connectivity index (χ3n) is 22.3. The van der Waals surface area contributed by atoms with Crippen molar-refractivity contribution in [3.63, 3.8) is 0 Å². The lowest BCUT2D eigenvalue weighted by atomic mass is 9.87. The maximum atomic E-state index is 14.5. The van der Waals surface area contributed by atoms with Crippen molar-refractivity contribution in [2.45, 2.75) is 210 Å². The lowest BCUT2D eigenvalue weighted by molar-refractivity contribution is -0.157. The quantitative estimate of drug-likeness (QED) is 0.235. The van der Waals surface area contributed by atoms with E-state index in [1.165, 1.54) is 6.92 Å². The lowest BCUT2D eigenvalue weighted by Gasteiger charge is -2.45. The summed E-state index contributed by atoms with van der Waals surface area (Å²) >= 11 is 12.8. The predicted octanol–water partition coefficient (Wildman–Crippen LogP) is 7.26. The van der Waals surface area contributed by atoms with E-state index in [1.54, 1.807) is 39.2 Å². The van der Waals surface area contributed by atoms with Crippen LogP contribution in [0.2, 0.25) is 10.0 Å². The first kappa shape index (κ1) is 66.3. The molecule has 8 fully saturated rings. The number of hydrogen-bond acceptors (Lipinski definition) is 10. The fourth-order valence-corrected chi connectivity index (χ4v) is 18.2. The number of hydrogen-bond donors (Lipinski definition) is 1. The van der Waals surface area contributed by atoms with Crippen molar-refractivity contribution >= 4 is 82.1 Å². The lowest BCUT2D eigenvalue weighted by Crippen LogP contribution is -2.64. The number of nitrogens with two attached hydrogens (primary N) is 1. The SMILES string of the molecule is C.C.CC(=O)[C@@H]1CC[C@@H]2C=C[C@H]3CCN(C(=O)[C@@H]4CC[C@H]5C=C[C@]6(CCCN6C(=O)[C@@H](C)Cc6ccccc6Cl)C(=O)N54)[C@@H]3C(=O)N21.C[C@@H](Cc1ccccc1Cl)C(=O)N1CCC[C@]12C=C[C@@H]1CC[C@@H](C(=O)N3CC[C@@H]4C=C[C@H]5CC[C@@H](C(N)=O)N5C(=O)[C@H]43)N1C2=O. The van der Waals surface area contributed by atoms with E-state index in [-0.39, 0.29) is 116 Å². The number of primary amides is 1.